The van der Waals surface area contributed by atoms with Crippen LogP contribution in [-0.4, -0.2) is 24.9 Å². The van der Waals surface area contributed by atoms with Crippen LogP contribution in [0.5, 0.6) is 0 Å². The van der Waals surface area contributed by atoms with Gasteiger partial charge in [-0.1, -0.05) is 0 Å². The summed E-state index contributed by atoms with van der Waals surface area (Å²) in [5, 5.41) is 0. The molecule has 0 saturated heterocycles. The second-order valence-corrected chi connectivity index (χ2v) is 2.53. The maximum Gasteiger partial charge on any atom is 0.260 e. The van der Waals surface area contributed by atoms with Gasteiger partial charge in [-0.25, -0.2) is 0 Å². The molecule has 1 rings (SSSR count). The molecular formula is C8H9NO3. The molecule has 64 valence electrons. The molecule has 1 aromatic heterocycles. The highest BCUT2D eigenvalue weighted by atomic mass is 16.3. The van der Waals surface area contributed by atoms with Crippen molar-refractivity contribution in [1.82, 2.24) is 4.90 Å². The molecule has 0 aromatic carbocycles. The van der Waals surface area contributed by atoms with E-state index in [4.69, 9.17) is 4.42 Å². The molecule has 0 aliphatic heterocycles. The molecule has 0 saturated carbocycles. The molecule has 0 N–H and O–H groups in total. The van der Waals surface area contributed by atoms with Crippen LogP contribution in [0.4, 0.5) is 0 Å². The second-order valence-electron chi connectivity index (χ2n) is 2.53. The minimum atomic E-state index is -0.343. The average molecular weight is 167 g/mol. The first kappa shape index (κ1) is 8.52. The summed E-state index contributed by atoms with van der Waals surface area (Å²) in [6, 6.07) is 1.22. The van der Waals surface area contributed by atoms with Crippen molar-refractivity contribution in [3.05, 3.63) is 34.4 Å². The Morgan fingerprint density at radius 3 is 2.67 bits per heavy atom. The van der Waals surface area contributed by atoms with Crippen molar-refractivity contribution in [2.75, 3.05) is 14.1 Å². The van der Waals surface area contributed by atoms with Crippen LogP contribution in [0.1, 0.15) is 10.4 Å². The van der Waals surface area contributed by atoms with Gasteiger partial charge in [0.2, 0.25) is 0 Å². The second kappa shape index (κ2) is 3.21. The van der Waals surface area contributed by atoms with Gasteiger partial charge in [-0.2, -0.15) is 0 Å². The lowest BCUT2D eigenvalue weighted by Gasteiger charge is -2.07. The third kappa shape index (κ3) is 1.53. The molecule has 1 aromatic rings. The van der Waals surface area contributed by atoms with Crippen LogP contribution in [0.3, 0.4) is 0 Å². The quantitative estimate of drug-likeness (QED) is 0.606. The molecule has 12 heavy (non-hydrogen) atoms. The van der Waals surface area contributed by atoms with Gasteiger partial charge in [0.1, 0.15) is 11.8 Å². The number of rotatable bonds is 1. The normalized spacial score (nSPS) is 9.50. The highest BCUT2D eigenvalue weighted by Gasteiger charge is 2.11. The summed E-state index contributed by atoms with van der Waals surface area (Å²) in [5.41, 5.74) is -0.262. The third-order valence-electron chi connectivity index (χ3n) is 1.39. The van der Waals surface area contributed by atoms with Crippen LogP contribution in [0, 0.1) is 0 Å². The van der Waals surface area contributed by atoms with E-state index < -0.39 is 0 Å². The Morgan fingerprint density at radius 2 is 2.17 bits per heavy atom. The average Bonchev–Trinajstić information content (AvgIpc) is 2.04. The van der Waals surface area contributed by atoms with Crippen LogP contribution in [0.2, 0.25) is 0 Å². The van der Waals surface area contributed by atoms with Crippen molar-refractivity contribution in [3.8, 4) is 0 Å². The molecule has 0 unspecified atom stereocenters. The van der Waals surface area contributed by atoms with Gasteiger partial charge in [-0.05, 0) is 0 Å². The lowest BCUT2D eigenvalue weighted by molar-refractivity contribution is 0.0824. The molecule has 0 radical (unpaired) electrons. The van der Waals surface area contributed by atoms with Crippen molar-refractivity contribution >= 4 is 5.91 Å². The number of nitrogens with zero attached hydrogens (tertiary/aromatic N) is 1. The van der Waals surface area contributed by atoms with Crippen molar-refractivity contribution in [2.24, 2.45) is 0 Å². The van der Waals surface area contributed by atoms with E-state index in [1.165, 1.54) is 17.2 Å². The zero-order chi connectivity index (χ0) is 9.14. The van der Waals surface area contributed by atoms with E-state index in [0.29, 0.717) is 0 Å². The standard InChI is InChI=1S/C8H9NO3/c1-9(2)8(11)6-5-12-4-3-7(6)10/h3-5H,1-2H3. The largest absolute Gasteiger partial charge is 0.472 e. The number of hydrogen-bond donors (Lipinski definition) is 0. The van der Waals surface area contributed by atoms with Crippen molar-refractivity contribution in [3.63, 3.8) is 0 Å². The first-order valence-corrected chi connectivity index (χ1v) is 3.41. The van der Waals surface area contributed by atoms with Gasteiger partial charge in [0.05, 0.1) is 6.26 Å². The monoisotopic (exact) mass is 167 g/mol. The van der Waals surface area contributed by atoms with Crippen LogP contribution in [-0.2, 0) is 0 Å². The zero-order valence-corrected chi connectivity index (χ0v) is 6.90. The summed E-state index contributed by atoms with van der Waals surface area (Å²) in [5.74, 6) is -0.343. The van der Waals surface area contributed by atoms with E-state index in [0.717, 1.165) is 6.26 Å². The van der Waals surface area contributed by atoms with Gasteiger partial charge in [-0.15, -0.1) is 0 Å². The molecule has 0 aliphatic carbocycles. The summed E-state index contributed by atoms with van der Waals surface area (Å²) >= 11 is 0. The van der Waals surface area contributed by atoms with Gasteiger partial charge < -0.3 is 9.32 Å². The highest BCUT2D eigenvalue weighted by molar-refractivity contribution is 5.93. The molecule has 4 heteroatoms. The minimum Gasteiger partial charge on any atom is -0.472 e. The minimum absolute atomic E-state index is 0.0579. The number of hydrogen-bond acceptors (Lipinski definition) is 3. The maximum atomic E-state index is 11.2. The van der Waals surface area contributed by atoms with E-state index in [9.17, 15) is 9.59 Å². The summed E-state index contributed by atoms with van der Waals surface area (Å²) < 4.78 is 4.71. The fraction of sp³-hybridized carbons (Fsp3) is 0.250. The zero-order valence-electron chi connectivity index (χ0n) is 6.90. The lowest BCUT2D eigenvalue weighted by atomic mass is 10.2. The number of amides is 1. The molecule has 4 nitrogen and oxygen atoms in total. The fourth-order valence-electron chi connectivity index (χ4n) is 0.753. The Bertz CT molecular complexity index is 340. The third-order valence-corrected chi connectivity index (χ3v) is 1.39. The molecule has 0 spiro atoms. The SMILES string of the molecule is CN(C)C(=O)c1coccc1=O. The first-order valence-electron chi connectivity index (χ1n) is 3.41. The Morgan fingerprint density at radius 1 is 1.50 bits per heavy atom. The van der Waals surface area contributed by atoms with Gasteiger partial charge in [-0.3, -0.25) is 9.59 Å². The smallest absolute Gasteiger partial charge is 0.260 e. The summed E-state index contributed by atoms with van der Waals surface area (Å²) in [6.07, 6.45) is 2.40. The predicted molar refractivity (Wildman–Crippen MR) is 43.0 cm³/mol. The van der Waals surface area contributed by atoms with Crippen molar-refractivity contribution in [1.29, 1.82) is 0 Å². The number of carbonyl (C=O) groups excluding carboxylic acids is 1. The van der Waals surface area contributed by atoms with E-state index in [1.807, 2.05) is 0 Å². The van der Waals surface area contributed by atoms with Crippen LogP contribution in [0.25, 0.3) is 0 Å². The van der Waals surface area contributed by atoms with Gasteiger partial charge >= 0.3 is 0 Å². The molecule has 1 amide bonds. The van der Waals surface area contributed by atoms with Crippen LogP contribution < -0.4 is 5.43 Å². The topological polar surface area (TPSA) is 50.5 Å². The van der Waals surface area contributed by atoms with E-state index >= 15 is 0 Å². The molecule has 0 aliphatic rings. The van der Waals surface area contributed by atoms with Crippen molar-refractivity contribution in [2.45, 2.75) is 0 Å². The Kier molecular flexibility index (Phi) is 2.28. The highest BCUT2D eigenvalue weighted by Crippen LogP contribution is 1.94. The molecular weight excluding hydrogens is 158 g/mol. The fourth-order valence-corrected chi connectivity index (χ4v) is 0.753. The molecule has 0 bridgehead atoms. The van der Waals surface area contributed by atoms with E-state index in [-0.39, 0.29) is 16.9 Å². The van der Waals surface area contributed by atoms with Gasteiger partial charge in [0.15, 0.2) is 5.43 Å². The van der Waals surface area contributed by atoms with E-state index in [1.54, 1.807) is 14.1 Å². The van der Waals surface area contributed by atoms with Gasteiger partial charge in [0.25, 0.3) is 5.91 Å². The van der Waals surface area contributed by atoms with E-state index in [2.05, 4.69) is 0 Å². The maximum absolute atomic E-state index is 11.2. The Balaban J connectivity index is 3.12. The molecule has 0 atom stereocenters. The summed E-state index contributed by atoms with van der Waals surface area (Å²) in [7, 11) is 3.16. The summed E-state index contributed by atoms with van der Waals surface area (Å²) in [6.45, 7) is 0. The van der Waals surface area contributed by atoms with Crippen molar-refractivity contribution < 1.29 is 9.21 Å². The predicted octanol–water partition coefficient (Wildman–Crippen LogP) is 0.342. The summed E-state index contributed by atoms with van der Waals surface area (Å²) in [4.78, 5) is 23.6. The lowest BCUT2D eigenvalue weighted by Crippen LogP contribution is -2.26. The van der Waals surface area contributed by atoms with Crippen LogP contribution >= 0.6 is 0 Å². The molecule has 0 fully saturated rings. The number of carbonyl (C=O) groups is 1. The Labute approximate surface area is 69.4 Å². The van der Waals surface area contributed by atoms with Gasteiger partial charge in [0, 0.05) is 20.2 Å². The Hall–Kier alpha value is -1.58. The van der Waals surface area contributed by atoms with Crippen LogP contribution in [0.15, 0.2) is 27.8 Å². The molecule has 1 heterocycles. The first-order chi connectivity index (χ1) is 5.63.